The topological polar surface area (TPSA) is 50.3 Å². The number of benzene rings is 1. The Balaban J connectivity index is 1.61. The van der Waals surface area contributed by atoms with Gasteiger partial charge in [-0.05, 0) is 61.6 Å². The summed E-state index contributed by atoms with van der Waals surface area (Å²) in [6, 6.07) is 9.22. The predicted molar refractivity (Wildman–Crippen MR) is 102 cm³/mol. The Morgan fingerprint density at radius 3 is 2.88 bits per heavy atom. The number of halogens is 1. The Morgan fingerprint density at radius 2 is 2.15 bits per heavy atom. The summed E-state index contributed by atoms with van der Waals surface area (Å²) >= 11 is 5.99. The highest BCUT2D eigenvalue weighted by Crippen LogP contribution is 2.24. The zero-order valence-electron chi connectivity index (χ0n) is 15.0. The van der Waals surface area contributed by atoms with E-state index in [0.717, 1.165) is 30.5 Å². The minimum atomic E-state index is -0.133. The van der Waals surface area contributed by atoms with Crippen molar-refractivity contribution in [1.29, 1.82) is 0 Å². The zero-order chi connectivity index (χ0) is 18.5. The van der Waals surface area contributed by atoms with Gasteiger partial charge in [0, 0.05) is 48.4 Å². The van der Waals surface area contributed by atoms with Gasteiger partial charge in [0.05, 0.1) is 0 Å². The van der Waals surface area contributed by atoms with Crippen LogP contribution in [0, 0.1) is 12.8 Å². The van der Waals surface area contributed by atoms with Crippen LogP contribution in [0.5, 0.6) is 0 Å². The fourth-order valence-corrected chi connectivity index (χ4v) is 3.72. The molecule has 2 aromatic rings. The summed E-state index contributed by atoms with van der Waals surface area (Å²) in [6.45, 7) is 3.14. The van der Waals surface area contributed by atoms with E-state index in [9.17, 15) is 9.59 Å². The fourth-order valence-electron chi connectivity index (χ4n) is 3.50. The van der Waals surface area contributed by atoms with Crippen LogP contribution in [0.15, 0.2) is 42.7 Å². The number of carbonyl (C=O) groups is 2. The van der Waals surface area contributed by atoms with Crippen molar-refractivity contribution in [2.45, 2.75) is 32.6 Å². The first-order valence-electron chi connectivity index (χ1n) is 9.01. The summed E-state index contributed by atoms with van der Waals surface area (Å²) in [4.78, 5) is 31.4. The maximum absolute atomic E-state index is 12.9. The number of rotatable bonds is 5. The first-order chi connectivity index (χ1) is 12.5. The number of amides is 1. The molecule has 26 heavy (non-hydrogen) atoms. The highest BCUT2D eigenvalue weighted by atomic mass is 35.5. The minimum absolute atomic E-state index is 0.110. The number of aryl methyl sites for hydroxylation is 2. The lowest BCUT2D eigenvalue weighted by atomic mass is 9.88. The van der Waals surface area contributed by atoms with Crippen LogP contribution in [-0.2, 0) is 11.2 Å². The number of hydrogen-bond acceptors (Lipinski definition) is 3. The zero-order valence-corrected chi connectivity index (χ0v) is 15.7. The van der Waals surface area contributed by atoms with Crippen molar-refractivity contribution in [3.63, 3.8) is 0 Å². The molecule has 0 aliphatic carbocycles. The molecule has 1 aromatic heterocycles. The maximum atomic E-state index is 12.9. The van der Waals surface area contributed by atoms with Crippen molar-refractivity contribution >= 4 is 23.3 Å². The molecule has 5 heteroatoms. The van der Waals surface area contributed by atoms with Crippen molar-refractivity contribution in [3.05, 3.63) is 64.4 Å². The summed E-state index contributed by atoms with van der Waals surface area (Å²) in [5, 5.41) is 0.634. The third-order valence-electron chi connectivity index (χ3n) is 4.95. The molecule has 2 heterocycles. The third kappa shape index (κ3) is 4.50. The molecule has 1 aliphatic heterocycles. The SMILES string of the molecule is Cc1cc(Cl)ccc1C(=O)C1CCCN(C(=O)CCc2cccnc2)C1. The van der Waals surface area contributed by atoms with Gasteiger partial charge in [-0.2, -0.15) is 0 Å². The lowest BCUT2D eigenvalue weighted by molar-refractivity contribution is -0.132. The Morgan fingerprint density at radius 1 is 1.31 bits per heavy atom. The molecule has 0 bridgehead atoms. The number of nitrogens with zero attached hydrogens (tertiary/aromatic N) is 2. The molecule has 0 radical (unpaired) electrons. The van der Waals surface area contributed by atoms with E-state index in [-0.39, 0.29) is 17.6 Å². The average molecular weight is 371 g/mol. The molecule has 4 nitrogen and oxygen atoms in total. The third-order valence-corrected chi connectivity index (χ3v) is 5.18. The Labute approximate surface area is 159 Å². The van der Waals surface area contributed by atoms with Gasteiger partial charge in [0.15, 0.2) is 5.78 Å². The molecule has 1 atom stereocenters. The van der Waals surface area contributed by atoms with E-state index >= 15 is 0 Å². The average Bonchev–Trinajstić information content (AvgIpc) is 2.66. The van der Waals surface area contributed by atoms with E-state index in [1.807, 2.05) is 30.0 Å². The summed E-state index contributed by atoms with van der Waals surface area (Å²) < 4.78 is 0. The molecule has 1 aliphatic rings. The second-order valence-electron chi connectivity index (χ2n) is 6.86. The fraction of sp³-hybridized carbons (Fsp3) is 0.381. The van der Waals surface area contributed by atoms with Gasteiger partial charge in [-0.15, -0.1) is 0 Å². The molecule has 0 saturated carbocycles. The minimum Gasteiger partial charge on any atom is -0.342 e. The molecule has 1 unspecified atom stereocenters. The van der Waals surface area contributed by atoms with E-state index in [2.05, 4.69) is 4.98 Å². The predicted octanol–water partition coefficient (Wildman–Crippen LogP) is 4.10. The van der Waals surface area contributed by atoms with Crippen LogP contribution in [0.3, 0.4) is 0 Å². The second-order valence-corrected chi connectivity index (χ2v) is 7.30. The smallest absolute Gasteiger partial charge is 0.222 e. The molecule has 136 valence electrons. The van der Waals surface area contributed by atoms with Gasteiger partial charge in [0.1, 0.15) is 0 Å². The maximum Gasteiger partial charge on any atom is 0.222 e. The highest BCUT2D eigenvalue weighted by molar-refractivity contribution is 6.30. The van der Waals surface area contributed by atoms with Gasteiger partial charge in [0.25, 0.3) is 0 Å². The quantitative estimate of drug-likeness (QED) is 0.744. The van der Waals surface area contributed by atoms with E-state index in [4.69, 9.17) is 11.6 Å². The molecule has 3 rings (SSSR count). The Kier molecular flexibility index (Phi) is 6.04. The number of Topliss-reactive ketones (excluding diaryl/α,β-unsaturated/α-hetero) is 1. The van der Waals surface area contributed by atoms with Crippen LogP contribution in [0.2, 0.25) is 5.02 Å². The molecule has 1 saturated heterocycles. The van der Waals surface area contributed by atoms with Crippen molar-refractivity contribution in [2.75, 3.05) is 13.1 Å². The van der Waals surface area contributed by atoms with Crippen molar-refractivity contribution in [3.8, 4) is 0 Å². The number of carbonyl (C=O) groups excluding carboxylic acids is 2. The van der Waals surface area contributed by atoms with Gasteiger partial charge in [-0.25, -0.2) is 0 Å². The number of pyridine rings is 1. The number of hydrogen-bond donors (Lipinski definition) is 0. The monoisotopic (exact) mass is 370 g/mol. The molecular weight excluding hydrogens is 348 g/mol. The summed E-state index contributed by atoms with van der Waals surface area (Å²) in [7, 11) is 0. The van der Waals surface area contributed by atoms with Crippen molar-refractivity contribution < 1.29 is 9.59 Å². The first kappa shape index (κ1) is 18.6. The van der Waals surface area contributed by atoms with Gasteiger partial charge in [-0.3, -0.25) is 14.6 Å². The molecule has 1 amide bonds. The molecular formula is C21H23ClN2O2. The van der Waals surface area contributed by atoms with Crippen LogP contribution in [0.1, 0.15) is 40.7 Å². The Bertz CT molecular complexity index is 792. The largest absolute Gasteiger partial charge is 0.342 e. The molecule has 0 spiro atoms. The van der Waals surface area contributed by atoms with Gasteiger partial charge >= 0.3 is 0 Å². The standard InChI is InChI=1S/C21H23ClN2O2/c1-15-12-18(22)7-8-19(15)21(26)17-5-3-11-24(14-17)20(25)9-6-16-4-2-10-23-13-16/h2,4,7-8,10,12-13,17H,3,5-6,9,11,14H2,1H3. The van der Waals surface area contributed by atoms with Crippen LogP contribution in [-0.4, -0.2) is 34.7 Å². The second kappa shape index (κ2) is 8.45. The van der Waals surface area contributed by atoms with Crippen LogP contribution < -0.4 is 0 Å². The van der Waals surface area contributed by atoms with Gasteiger partial charge in [-0.1, -0.05) is 17.7 Å². The lowest BCUT2D eigenvalue weighted by Gasteiger charge is -2.32. The number of piperidine rings is 1. The van der Waals surface area contributed by atoms with E-state index in [1.165, 1.54) is 0 Å². The Hall–Kier alpha value is -2.20. The van der Waals surface area contributed by atoms with Crippen LogP contribution in [0.4, 0.5) is 0 Å². The lowest BCUT2D eigenvalue weighted by Crippen LogP contribution is -2.42. The molecule has 1 fully saturated rings. The molecule has 1 aromatic carbocycles. The molecule has 0 N–H and O–H groups in total. The van der Waals surface area contributed by atoms with E-state index < -0.39 is 0 Å². The van der Waals surface area contributed by atoms with Crippen molar-refractivity contribution in [2.24, 2.45) is 5.92 Å². The van der Waals surface area contributed by atoms with Crippen molar-refractivity contribution in [1.82, 2.24) is 9.88 Å². The van der Waals surface area contributed by atoms with Crippen LogP contribution >= 0.6 is 11.6 Å². The number of aromatic nitrogens is 1. The number of likely N-dealkylation sites (tertiary alicyclic amines) is 1. The van der Waals surface area contributed by atoms with E-state index in [1.54, 1.807) is 24.5 Å². The summed E-state index contributed by atoms with van der Waals surface area (Å²) in [6.07, 6.45) is 6.34. The normalized spacial score (nSPS) is 17.2. The van der Waals surface area contributed by atoms with Crippen LogP contribution in [0.25, 0.3) is 0 Å². The summed E-state index contributed by atoms with van der Waals surface area (Å²) in [5.41, 5.74) is 2.66. The highest BCUT2D eigenvalue weighted by Gasteiger charge is 2.29. The number of ketones is 1. The summed E-state index contributed by atoms with van der Waals surface area (Å²) in [5.74, 6) is 0.0917. The van der Waals surface area contributed by atoms with E-state index in [0.29, 0.717) is 30.0 Å². The van der Waals surface area contributed by atoms with Gasteiger partial charge in [0.2, 0.25) is 5.91 Å². The van der Waals surface area contributed by atoms with Gasteiger partial charge < -0.3 is 4.90 Å². The first-order valence-corrected chi connectivity index (χ1v) is 9.39.